The van der Waals surface area contributed by atoms with Crippen molar-refractivity contribution in [3.8, 4) is 22.9 Å². The number of para-hydroxylation sites is 1. The van der Waals surface area contributed by atoms with Crippen molar-refractivity contribution in [3.63, 3.8) is 0 Å². The second-order valence-electron chi connectivity index (χ2n) is 10.6. The zero-order valence-corrected chi connectivity index (χ0v) is 26.1. The Hall–Kier alpha value is -5.02. The maximum Gasteiger partial charge on any atom is 0.282 e. The smallest absolute Gasteiger partial charge is 0.282 e. The summed E-state index contributed by atoms with van der Waals surface area (Å²) in [6.07, 6.45) is 1.52. The number of halogens is 2. The maximum absolute atomic E-state index is 13.7. The van der Waals surface area contributed by atoms with Crippen LogP contribution in [0.5, 0.6) is 11.5 Å². The fourth-order valence-corrected chi connectivity index (χ4v) is 5.03. The van der Waals surface area contributed by atoms with Crippen molar-refractivity contribution in [2.24, 2.45) is 5.10 Å². The van der Waals surface area contributed by atoms with E-state index in [1.807, 2.05) is 32.0 Å². The van der Waals surface area contributed by atoms with Gasteiger partial charge < -0.3 is 14.8 Å². The normalized spacial score (nSPS) is 11.4. The Kier molecular flexibility index (Phi) is 9.59. The molecule has 0 bridgehead atoms. The van der Waals surface area contributed by atoms with Crippen LogP contribution in [0.3, 0.4) is 0 Å². The molecule has 0 radical (unpaired) electrons. The molecule has 0 saturated carbocycles. The third kappa shape index (κ3) is 7.21. The number of benzene rings is 4. The lowest BCUT2D eigenvalue weighted by Gasteiger charge is -2.18. The number of aromatic nitrogens is 2. The SMILES string of the molecule is CCOc1cc(C)c(-c2nc3ccccc3c(=O)n2N=Cc2ccc(OCC(=O)Nc3ccc(F)cc3)c(Cl)c2)cc1C(C)C. The highest BCUT2D eigenvalue weighted by atomic mass is 35.5. The molecule has 0 aliphatic rings. The van der Waals surface area contributed by atoms with E-state index in [-0.39, 0.29) is 23.1 Å². The summed E-state index contributed by atoms with van der Waals surface area (Å²) in [6.45, 7) is 8.32. The van der Waals surface area contributed by atoms with Crippen LogP contribution in [-0.2, 0) is 4.79 Å². The van der Waals surface area contributed by atoms with E-state index in [0.717, 1.165) is 22.4 Å². The standard InChI is InChI=1S/C35H32ClFN4O4/c1-5-44-32-16-22(4)28(18-27(32)21(2)3)34-40-30-9-7-6-8-26(30)35(43)41(34)38-19-23-10-15-31(29(36)17-23)45-20-33(42)39-25-13-11-24(37)12-14-25/h6-19,21H,5,20H2,1-4H3,(H,39,42). The predicted molar refractivity (Wildman–Crippen MR) is 176 cm³/mol. The van der Waals surface area contributed by atoms with E-state index >= 15 is 0 Å². The van der Waals surface area contributed by atoms with Crippen molar-refractivity contribution in [1.29, 1.82) is 0 Å². The lowest BCUT2D eigenvalue weighted by Crippen LogP contribution is -2.21. The molecule has 45 heavy (non-hydrogen) atoms. The van der Waals surface area contributed by atoms with Crippen molar-refractivity contribution in [1.82, 2.24) is 9.66 Å². The molecule has 1 heterocycles. The molecule has 10 heteroatoms. The van der Waals surface area contributed by atoms with Gasteiger partial charge in [0.05, 0.1) is 28.7 Å². The zero-order valence-electron chi connectivity index (χ0n) is 25.3. The summed E-state index contributed by atoms with van der Waals surface area (Å²) >= 11 is 6.46. The number of fused-ring (bicyclic) bond motifs is 1. The summed E-state index contributed by atoms with van der Waals surface area (Å²) < 4.78 is 25.9. The molecule has 0 aliphatic heterocycles. The number of anilines is 1. The quantitative estimate of drug-likeness (QED) is 0.161. The van der Waals surface area contributed by atoms with Crippen molar-refractivity contribution in [3.05, 3.63) is 117 Å². The molecule has 0 atom stereocenters. The largest absolute Gasteiger partial charge is 0.494 e. The van der Waals surface area contributed by atoms with Gasteiger partial charge in [-0.2, -0.15) is 9.78 Å². The average Bonchev–Trinajstić information content (AvgIpc) is 3.01. The molecule has 4 aromatic carbocycles. The molecular weight excluding hydrogens is 595 g/mol. The molecule has 1 N–H and O–H groups in total. The number of rotatable bonds is 10. The molecule has 0 unspecified atom stereocenters. The molecule has 0 fully saturated rings. The highest BCUT2D eigenvalue weighted by Gasteiger charge is 2.18. The minimum Gasteiger partial charge on any atom is -0.494 e. The number of hydrogen-bond donors (Lipinski definition) is 1. The van der Waals surface area contributed by atoms with Crippen LogP contribution >= 0.6 is 11.6 Å². The molecule has 230 valence electrons. The van der Waals surface area contributed by atoms with Crippen LogP contribution in [0.25, 0.3) is 22.3 Å². The maximum atomic E-state index is 13.7. The van der Waals surface area contributed by atoms with Gasteiger partial charge in [0.2, 0.25) is 0 Å². The first kappa shape index (κ1) is 31.4. The Bertz CT molecular complexity index is 1960. The second-order valence-corrected chi connectivity index (χ2v) is 11.0. The summed E-state index contributed by atoms with van der Waals surface area (Å²) in [4.78, 5) is 30.9. The zero-order chi connectivity index (χ0) is 32.1. The first-order valence-electron chi connectivity index (χ1n) is 14.5. The van der Waals surface area contributed by atoms with Gasteiger partial charge in [0.15, 0.2) is 12.4 Å². The van der Waals surface area contributed by atoms with Crippen LogP contribution < -0.4 is 20.3 Å². The van der Waals surface area contributed by atoms with Gasteiger partial charge in [-0.15, -0.1) is 0 Å². The van der Waals surface area contributed by atoms with E-state index in [0.29, 0.717) is 40.3 Å². The van der Waals surface area contributed by atoms with E-state index in [2.05, 4.69) is 24.3 Å². The summed E-state index contributed by atoms with van der Waals surface area (Å²) in [7, 11) is 0. The van der Waals surface area contributed by atoms with E-state index in [1.165, 1.54) is 35.2 Å². The van der Waals surface area contributed by atoms with Crippen molar-refractivity contribution >= 4 is 40.3 Å². The summed E-state index contributed by atoms with van der Waals surface area (Å²) in [5.41, 5.74) is 3.96. The summed E-state index contributed by atoms with van der Waals surface area (Å²) in [6, 6.07) is 21.5. The number of amides is 1. The topological polar surface area (TPSA) is 94.8 Å². The minimum atomic E-state index is -0.427. The monoisotopic (exact) mass is 626 g/mol. The number of carbonyl (C=O) groups excluding carboxylic acids is 1. The van der Waals surface area contributed by atoms with Crippen LogP contribution in [-0.4, -0.2) is 35.0 Å². The number of ether oxygens (including phenoxy) is 2. The van der Waals surface area contributed by atoms with Gasteiger partial charge in [-0.25, -0.2) is 9.37 Å². The van der Waals surface area contributed by atoms with E-state index in [4.69, 9.17) is 26.1 Å². The Labute approximate surface area is 265 Å². The van der Waals surface area contributed by atoms with Crippen LogP contribution in [0, 0.1) is 12.7 Å². The molecule has 8 nitrogen and oxygen atoms in total. The highest BCUT2D eigenvalue weighted by Crippen LogP contribution is 2.34. The fraction of sp³-hybridized carbons (Fsp3) is 0.200. The first-order valence-corrected chi connectivity index (χ1v) is 14.8. The van der Waals surface area contributed by atoms with Gasteiger partial charge in [-0.05, 0) is 103 Å². The number of carbonyl (C=O) groups is 1. The highest BCUT2D eigenvalue weighted by molar-refractivity contribution is 6.32. The van der Waals surface area contributed by atoms with Crippen molar-refractivity contribution in [2.75, 3.05) is 18.5 Å². The average molecular weight is 627 g/mol. The van der Waals surface area contributed by atoms with Gasteiger partial charge in [-0.1, -0.05) is 37.6 Å². The first-order chi connectivity index (χ1) is 21.6. The molecule has 1 amide bonds. The van der Waals surface area contributed by atoms with Gasteiger partial charge in [0, 0.05) is 11.3 Å². The molecule has 5 aromatic rings. The van der Waals surface area contributed by atoms with E-state index < -0.39 is 11.7 Å². The predicted octanol–water partition coefficient (Wildman–Crippen LogP) is 7.59. The molecule has 0 saturated heterocycles. The van der Waals surface area contributed by atoms with Crippen LogP contribution in [0.1, 0.15) is 43.4 Å². The third-order valence-electron chi connectivity index (χ3n) is 7.04. The number of nitrogens with one attached hydrogen (secondary N) is 1. The lowest BCUT2D eigenvalue weighted by molar-refractivity contribution is -0.118. The van der Waals surface area contributed by atoms with Gasteiger partial charge in [0.1, 0.15) is 17.3 Å². The fourth-order valence-electron chi connectivity index (χ4n) is 4.79. The number of hydrogen-bond acceptors (Lipinski definition) is 6. The molecule has 1 aromatic heterocycles. The van der Waals surface area contributed by atoms with Crippen LogP contribution in [0.4, 0.5) is 10.1 Å². The lowest BCUT2D eigenvalue weighted by atomic mass is 9.96. The van der Waals surface area contributed by atoms with Gasteiger partial charge in [0.25, 0.3) is 11.5 Å². The number of aryl methyl sites for hydroxylation is 1. The van der Waals surface area contributed by atoms with Crippen LogP contribution in [0.2, 0.25) is 5.02 Å². The molecular formula is C35H32ClFN4O4. The Morgan fingerprint density at radius 2 is 1.80 bits per heavy atom. The molecule has 0 spiro atoms. The summed E-state index contributed by atoms with van der Waals surface area (Å²) in [5.74, 6) is 0.840. The van der Waals surface area contributed by atoms with E-state index in [1.54, 1.807) is 36.4 Å². The Morgan fingerprint density at radius 1 is 1.04 bits per heavy atom. The second kappa shape index (κ2) is 13.7. The summed E-state index contributed by atoms with van der Waals surface area (Å²) in [5, 5.41) is 7.89. The van der Waals surface area contributed by atoms with Crippen LogP contribution in [0.15, 0.2) is 88.8 Å². The molecule has 5 rings (SSSR count). The minimum absolute atomic E-state index is 0.173. The Balaban J connectivity index is 1.45. The third-order valence-corrected chi connectivity index (χ3v) is 7.33. The molecule has 0 aliphatic carbocycles. The van der Waals surface area contributed by atoms with E-state index in [9.17, 15) is 14.0 Å². The van der Waals surface area contributed by atoms with Crippen molar-refractivity contribution in [2.45, 2.75) is 33.6 Å². The Morgan fingerprint density at radius 3 is 2.51 bits per heavy atom. The van der Waals surface area contributed by atoms with Gasteiger partial charge in [-0.3, -0.25) is 9.59 Å². The number of nitrogens with zero attached hydrogens (tertiary/aromatic N) is 3. The van der Waals surface area contributed by atoms with Crippen molar-refractivity contribution < 1.29 is 18.7 Å². The van der Waals surface area contributed by atoms with Gasteiger partial charge >= 0.3 is 0 Å².